The van der Waals surface area contributed by atoms with Crippen molar-refractivity contribution < 1.29 is 12.8 Å². The van der Waals surface area contributed by atoms with Crippen molar-refractivity contribution in [2.45, 2.75) is 37.9 Å². The van der Waals surface area contributed by atoms with Gasteiger partial charge in [-0.25, -0.2) is 13.1 Å². The summed E-state index contributed by atoms with van der Waals surface area (Å²) in [5, 5.41) is -0.0992. The Bertz CT molecular complexity index is 428. The highest BCUT2D eigenvalue weighted by Gasteiger charge is 2.24. The molecule has 1 aromatic heterocycles. The summed E-state index contributed by atoms with van der Waals surface area (Å²) >= 11 is 0. The van der Waals surface area contributed by atoms with Crippen molar-refractivity contribution in [3.8, 4) is 0 Å². The van der Waals surface area contributed by atoms with Crippen LogP contribution in [0, 0.1) is 0 Å². The second-order valence-corrected chi connectivity index (χ2v) is 5.89. The summed E-state index contributed by atoms with van der Waals surface area (Å²) in [5.74, 6) is 0.448. The molecule has 0 unspecified atom stereocenters. The van der Waals surface area contributed by atoms with Gasteiger partial charge in [0, 0.05) is 5.54 Å². The third-order valence-corrected chi connectivity index (χ3v) is 3.17. The lowest BCUT2D eigenvalue weighted by molar-refractivity contribution is 0.403. The molecular weight excluding hydrogens is 216 g/mol. The van der Waals surface area contributed by atoms with Crippen LogP contribution in [0.4, 0.5) is 0 Å². The zero-order valence-corrected chi connectivity index (χ0v) is 9.89. The molecular formula is C9H16N2O3S. The third-order valence-electron chi connectivity index (χ3n) is 1.54. The molecule has 0 aliphatic heterocycles. The highest BCUT2D eigenvalue weighted by atomic mass is 32.2. The van der Waals surface area contributed by atoms with E-state index >= 15 is 0 Å². The van der Waals surface area contributed by atoms with Gasteiger partial charge in [0.2, 0.25) is 5.09 Å². The molecule has 1 aromatic rings. The Kier molecular flexibility index (Phi) is 3.22. The Morgan fingerprint density at radius 3 is 2.40 bits per heavy atom. The minimum absolute atomic E-state index is 0.0992. The molecule has 0 saturated heterocycles. The Morgan fingerprint density at radius 1 is 1.40 bits per heavy atom. The van der Waals surface area contributed by atoms with Gasteiger partial charge in [-0.2, -0.15) is 0 Å². The van der Waals surface area contributed by atoms with E-state index in [0.717, 1.165) is 0 Å². The van der Waals surface area contributed by atoms with Crippen molar-refractivity contribution in [3.05, 3.63) is 17.9 Å². The molecule has 0 bridgehead atoms. The molecule has 0 aromatic carbocycles. The molecule has 0 radical (unpaired) electrons. The van der Waals surface area contributed by atoms with E-state index < -0.39 is 15.6 Å². The highest BCUT2D eigenvalue weighted by Crippen LogP contribution is 2.15. The van der Waals surface area contributed by atoms with Crippen LogP contribution in [0.1, 0.15) is 26.5 Å². The fourth-order valence-corrected chi connectivity index (χ4v) is 2.44. The van der Waals surface area contributed by atoms with Crippen LogP contribution in [0.5, 0.6) is 0 Å². The van der Waals surface area contributed by atoms with Crippen LogP contribution in [-0.4, -0.2) is 14.0 Å². The Labute approximate surface area is 89.7 Å². The predicted molar refractivity (Wildman–Crippen MR) is 56.7 cm³/mol. The number of sulfonamides is 1. The Balaban J connectivity index is 2.96. The molecule has 5 nitrogen and oxygen atoms in total. The standard InChI is InChI=1S/C9H16N2O3S/c1-9(2,3)11-15(12,13)8-5-4-7(6-10)14-8/h4-5,11H,6,10H2,1-3H3. The second-order valence-electron chi connectivity index (χ2n) is 4.28. The van der Waals surface area contributed by atoms with E-state index in [1.54, 1.807) is 26.8 Å². The van der Waals surface area contributed by atoms with Crippen molar-refractivity contribution in [3.63, 3.8) is 0 Å². The quantitative estimate of drug-likeness (QED) is 0.807. The van der Waals surface area contributed by atoms with Crippen molar-refractivity contribution in [2.24, 2.45) is 5.73 Å². The van der Waals surface area contributed by atoms with Crippen LogP contribution in [-0.2, 0) is 16.6 Å². The smallest absolute Gasteiger partial charge is 0.274 e. The second kappa shape index (κ2) is 3.96. The molecule has 0 spiro atoms. The minimum Gasteiger partial charge on any atom is -0.447 e. The van der Waals surface area contributed by atoms with E-state index in [1.165, 1.54) is 6.07 Å². The summed E-state index contributed by atoms with van der Waals surface area (Å²) in [7, 11) is -3.58. The summed E-state index contributed by atoms with van der Waals surface area (Å²) in [6.07, 6.45) is 0. The maximum atomic E-state index is 11.7. The number of rotatable bonds is 3. The Morgan fingerprint density at radius 2 is 2.00 bits per heavy atom. The van der Waals surface area contributed by atoms with Gasteiger partial charge in [-0.05, 0) is 32.9 Å². The van der Waals surface area contributed by atoms with Gasteiger partial charge in [0.1, 0.15) is 5.76 Å². The first-order valence-corrected chi connectivity index (χ1v) is 6.06. The number of hydrogen-bond donors (Lipinski definition) is 2. The molecule has 0 saturated carbocycles. The first-order valence-electron chi connectivity index (χ1n) is 4.57. The van der Waals surface area contributed by atoms with Gasteiger partial charge in [-0.1, -0.05) is 0 Å². The Hall–Kier alpha value is -0.850. The van der Waals surface area contributed by atoms with Crippen LogP contribution >= 0.6 is 0 Å². The molecule has 0 atom stereocenters. The lowest BCUT2D eigenvalue weighted by Gasteiger charge is -2.18. The minimum atomic E-state index is -3.58. The maximum absolute atomic E-state index is 11.7. The van der Waals surface area contributed by atoms with Crippen LogP contribution in [0.3, 0.4) is 0 Å². The normalized spacial score (nSPS) is 13.1. The highest BCUT2D eigenvalue weighted by molar-refractivity contribution is 7.89. The molecule has 86 valence electrons. The summed E-state index contributed by atoms with van der Waals surface area (Å²) in [5.41, 5.74) is 4.79. The van der Waals surface area contributed by atoms with Crippen LogP contribution in [0.2, 0.25) is 0 Å². The van der Waals surface area contributed by atoms with Gasteiger partial charge in [0.15, 0.2) is 0 Å². The zero-order valence-electron chi connectivity index (χ0n) is 9.07. The van der Waals surface area contributed by atoms with Crippen molar-refractivity contribution in [1.29, 1.82) is 0 Å². The molecule has 6 heteroatoms. The molecule has 0 fully saturated rings. The lowest BCUT2D eigenvalue weighted by atomic mass is 10.1. The van der Waals surface area contributed by atoms with Crippen LogP contribution < -0.4 is 10.5 Å². The zero-order chi connectivity index (χ0) is 11.7. The first kappa shape index (κ1) is 12.2. The van der Waals surface area contributed by atoms with Gasteiger partial charge in [-0.15, -0.1) is 0 Å². The van der Waals surface area contributed by atoms with Crippen molar-refractivity contribution >= 4 is 10.0 Å². The van der Waals surface area contributed by atoms with E-state index in [2.05, 4.69) is 4.72 Å². The van der Waals surface area contributed by atoms with Crippen LogP contribution in [0.25, 0.3) is 0 Å². The van der Waals surface area contributed by atoms with Gasteiger partial charge in [-0.3, -0.25) is 0 Å². The van der Waals surface area contributed by atoms with Crippen LogP contribution in [0.15, 0.2) is 21.6 Å². The fraction of sp³-hybridized carbons (Fsp3) is 0.556. The van der Waals surface area contributed by atoms with E-state index in [1.807, 2.05) is 0 Å². The summed E-state index contributed by atoms with van der Waals surface area (Å²) in [4.78, 5) is 0. The van der Waals surface area contributed by atoms with E-state index in [9.17, 15) is 8.42 Å². The summed E-state index contributed by atoms with van der Waals surface area (Å²) in [6, 6.07) is 2.95. The van der Waals surface area contributed by atoms with E-state index in [-0.39, 0.29) is 11.6 Å². The number of nitrogens with one attached hydrogen (secondary N) is 1. The number of hydrogen-bond acceptors (Lipinski definition) is 4. The molecule has 15 heavy (non-hydrogen) atoms. The van der Waals surface area contributed by atoms with Gasteiger partial charge < -0.3 is 10.2 Å². The average molecular weight is 232 g/mol. The van der Waals surface area contributed by atoms with E-state index in [4.69, 9.17) is 10.2 Å². The molecule has 0 amide bonds. The molecule has 3 N–H and O–H groups in total. The first-order chi connectivity index (χ1) is 6.74. The third kappa shape index (κ3) is 3.33. The average Bonchev–Trinajstić information content (AvgIpc) is 2.47. The van der Waals surface area contributed by atoms with Crippen molar-refractivity contribution in [1.82, 2.24) is 4.72 Å². The molecule has 0 aliphatic rings. The summed E-state index contributed by atoms with van der Waals surface area (Å²) < 4.78 is 31.0. The SMILES string of the molecule is CC(C)(C)NS(=O)(=O)c1ccc(CN)o1. The number of furan rings is 1. The molecule has 1 heterocycles. The monoisotopic (exact) mass is 232 g/mol. The maximum Gasteiger partial charge on any atom is 0.274 e. The van der Waals surface area contributed by atoms with Gasteiger partial charge in [0.25, 0.3) is 10.0 Å². The predicted octanol–water partition coefficient (Wildman–Crippen LogP) is 0.815. The van der Waals surface area contributed by atoms with Gasteiger partial charge in [0.05, 0.1) is 6.54 Å². The van der Waals surface area contributed by atoms with Gasteiger partial charge >= 0.3 is 0 Å². The largest absolute Gasteiger partial charge is 0.447 e. The molecule has 0 aliphatic carbocycles. The van der Waals surface area contributed by atoms with E-state index in [0.29, 0.717) is 5.76 Å². The lowest BCUT2D eigenvalue weighted by Crippen LogP contribution is -2.40. The topological polar surface area (TPSA) is 85.3 Å². The fourth-order valence-electron chi connectivity index (χ4n) is 1.07. The summed E-state index contributed by atoms with van der Waals surface area (Å²) in [6.45, 7) is 5.47. The van der Waals surface area contributed by atoms with Crippen molar-refractivity contribution in [2.75, 3.05) is 0 Å². The number of nitrogens with two attached hydrogens (primary N) is 1. The molecule has 1 rings (SSSR count).